The van der Waals surface area contributed by atoms with Crippen LogP contribution in [0.15, 0.2) is 22.7 Å². The van der Waals surface area contributed by atoms with Crippen molar-refractivity contribution in [3.8, 4) is 0 Å². The summed E-state index contributed by atoms with van der Waals surface area (Å²) in [5.74, 6) is 0.567. The van der Waals surface area contributed by atoms with Crippen molar-refractivity contribution in [2.45, 2.75) is 25.4 Å². The molecule has 0 amide bonds. The van der Waals surface area contributed by atoms with Gasteiger partial charge in [0.1, 0.15) is 0 Å². The van der Waals surface area contributed by atoms with Gasteiger partial charge < -0.3 is 5.32 Å². The molecule has 0 aliphatic carbocycles. The minimum absolute atomic E-state index is 0.0506. The third-order valence-corrected chi connectivity index (χ3v) is 5.88. The van der Waals surface area contributed by atoms with E-state index in [0.29, 0.717) is 17.3 Å². The van der Waals surface area contributed by atoms with E-state index in [1.807, 2.05) is 18.2 Å². The van der Waals surface area contributed by atoms with Crippen LogP contribution in [0.3, 0.4) is 0 Å². The number of hydrogen-bond acceptors (Lipinski definition) is 3. The molecule has 1 heterocycles. The van der Waals surface area contributed by atoms with Crippen LogP contribution in [-0.4, -0.2) is 26.0 Å². The van der Waals surface area contributed by atoms with E-state index >= 15 is 0 Å². The summed E-state index contributed by atoms with van der Waals surface area (Å²) in [7, 11) is -2.85. The zero-order chi connectivity index (χ0) is 13.2. The molecule has 0 bridgehead atoms. The number of sulfone groups is 1. The summed E-state index contributed by atoms with van der Waals surface area (Å²) in [5.41, 5.74) is 1.05. The zero-order valence-corrected chi connectivity index (χ0v) is 13.0. The molecule has 1 fully saturated rings. The van der Waals surface area contributed by atoms with E-state index in [-0.39, 0.29) is 11.8 Å². The van der Waals surface area contributed by atoms with E-state index in [1.165, 1.54) is 0 Å². The molecule has 1 atom stereocenters. The lowest BCUT2D eigenvalue weighted by Crippen LogP contribution is -2.39. The molecule has 1 aromatic carbocycles. The van der Waals surface area contributed by atoms with Crippen LogP contribution in [-0.2, 0) is 16.4 Å². The van der Waals surface area contributed by atoms with Crippen molar-refractivity contribution >= 4 is 37.4 Å². The van der Waals surface area contributed by atoms with Crippen molar-refractivity contribution < 1.29 is 8.42 Å². The Bertz CT molecular complexity index is 533. The van der Waals surface area contributed by atoms with Crippen LogP contribution in [0, 0.1) is 0 Å². The maximum atomic E-state index is 11.5. The maximum Gasteiger partial charge on any atom is 0.151 e. The van der Waals surface area contributed by atoms with Crippen LogP contribution in [0.2, 0.25) is 5.02 Å². The van der Waals surface area contributed by atoms with Crippen LogP contribution >= 0.6 is 27.5 Å². The first-order valence-corrected chi connectivity index (χ1v) is 8.83. The zero-order valence-electron chi connectivity index (χ0n) is 9.83. The highest BCUT2D eigenvalue weighted by atomic mass is 79.9. The Labute approximate surface area is 121 Å². The second-order valence-corrected chi connectivity index (χ2v) is 8.09. The van der Waals surface area contributed by atoms with E-state index in [2.05, 4.69) is 21.2 Å². The first kappa shape index (κ1) is 14.3. The molecule has 3 nitrogen and oxygen atoms in total. The second-order valence-electron chi connectivity index (χ2n) is 4.57. The molecule has 0 saturated carbocycles. The lowest BCUT2D eigenvalue weighted by atomic mass is 10.1. The molecule has 1 N–H and O–H groups in total. The molecule has 1 aromatic rings. The minimum Gasteiger partial charge on any atom is -0.309 e. The number of rotatable bonds is 3. The van der Waals surface area contributed by atoms with Crippen molar-refractivity contribution in [2.24, 2.45) is 0 Å². The molecule has 18 heavy (non-hydrogen) atoms. The van der Waals surface area contributed by atoms with Gasteiger partial charge in [-0.3, -0.25) is 0 Å². The van der Waals surface area contributed by atoms with Gasteiger partial charge >= 0.3 is 0 Å². The highest BCUT2D eigenvalue weighted by Gasteiger charge is 2.24. The largest absolute Gasteiger partial charge is 0.309 e. The van der Waals surface area contributed by atoms with Crippen LogP contribution < -0.4 is 5.32 Å². The Hall–Kier alpha value is -0.100. The summed E-state index contributed by atoms with van der Waals surface area (Å²) in [6, 6.07) is 5.65. The van der Waals surface area contributed by atoms with Gasteiger partial charge in [0.05, 0.1) is 11.5 Å². The lowest BCUT2D eigenvalue weighted by Gasteiger charge is -2.23. The Morgan fingerprint density at radius 2 is 2.22 bits per heavy atom. The summed E-state index contributed by atoms with van der Waals surface area (Å²) < 4.78 is 24.0. The van der Waals surface area contributed by atoms with E-state index in [1.54, 1.807) is 0 Å². The topological polar surface area (TPSA) is 46.2 Å². The third-order valence-electron chi connectivity index (χ3n) is 3.05. The normalized spacial score (nSPS) is 22.9. The second kappa shape index (κ2) is 5.90. The molecule has 1 aliphatic heterocycles. The summed E-state index contributed by atoms with van der Waals surface area (Å²) in [6.45, 7) is 0.626. The van der Waals surface area contributed by atoms with Crippen molar-refractivity contribution in [3.05, 3.63) is 33.3 Å². The lowest BCUT2D eigenvalue weighted by molar-refractivity contribution is 0.480. The highest BCUT2D eigenvalue weighted by molar-refractivity contribution is 9.10. The summed E-state index contributed by atoms with van der Waals surface area (Å²) in [4.78, 5) is 0. The third kappa shape index (κ3) is 3.95. The fraction of sp³-hybridized carbons (Fsp3) is 0.500. The molecule has 6 heteroatoms. The van der Waals surface area contributed by atoms with Gasteiger partial charge in [-0.25, -0.2) is 8.42 Å². The number of benzene rings is 1. The van der Waals surface area contributed by atoms with Gasteiger partial charge in [0.15, 0.2) is 9.84 Å². The molecule has 2 rings (SSSR count). The Kier molecular flexibility index (Phi) is 4.69. The number of nitrogens with one attached hydrogen (secondary N) is 1. The SMILES string of the molecule is O=S1(=O)CCCC(NCc2cc(Cl)ccc2Br)C1. The van der Waals surface area contributed by atoms with Gasteiger partial charge in [0, 0.05) is 22.1 Å². The van der Waals surface area contributed by atoms with Crippen molar-refractivity contribution in [1.29, 1.82) is 0 Å². The van der Waals surface area contributed by atoms with Gasteiger partial charge in [-0.1, -0.05) is 27.5 Å². The first-order valence-electron chi connectivity index (χ1n) is 5.84. The Balaban J connectivity index is 1.97. The molecule has 0 spiro atoms. The highest BCUT2D eigenvalue weighted by Crippen LogP contribution is 2.21. The molecule has 1 aliphatic rings. The van der Waals surface area contributed by atoms with Crippen LogP contribution in [0.25, 0.3) is 0 Å². The molecular formula is C12H15BrClNO2S. The standard InChI is InChI=1S/C12H15BrClNO2S/c13-12-4-3-10(14)6-9(12)7-15-11-2-1-5-18(16,17)8-11/h3-4,6,11,15H,1-2,5,7-8H2. The molecule has 1 unspecified atom stereocenters. The quantitative estimate of drug-likeness (QED) is 0.910. The molecule has 0 radical (unpaired) electrons. The minimum atomic E-state index is -2.85. The predicted molar refractivity (Wildman–Crippen MR) is 77.7 cm³/mol. The number of halogens is 2. The first-order chi connectivity index (χ1) is 8.46. The fourth-order valence-corrected chi connectivity index (χ4v) is 4.37. The fourth-order valence-electron chi connectivity index (χ4n) is 2.12. The van der Waals surface area contributed by atoms with E-state index < -0.39 is 9.84 Å². The van der Waals surface area contributed by atoms with Gasteiger partial charge in [-0.15, -0.1) is 0 Å². The monoisotopic (exact) mass is 351 g/mol. The van der Waals surface area contributed by atoms with Crippen LogP contribution in [0.5, 0.6) is 0 Å². The Morgan fingerprint density at radius 3 is 2.94 bits per heavy atom. The summed E-state index contributed by atoms with van der Waals surface area (Å²) in [5, 5.41) is 3.98. The molecular weight excluding hydrogens is 338 g/mol. The van der Waals surface area contributed by atoms with Crippen molar-refractivity contribution in [2.75, 3.05) is 11.5 Å². The molecule has 1 saturated heterocycles. The smallest absolute Gasteiger partial charge is 0.151 e. The molecule has 0 aromatic heterocycles. The van der Waals surface area contributed by atoms with E-state index in [4.69, 9.17) is 11.6 Å². The average molecular weight is 353 g/mol. The van der Waals surface area contributed by atoms with E-state index in [0.717, 1.165) is 22.9 Å². The van der Waals surface area contributed by atoms with Crippen molar-refractivity contribution in [1.82, 2.24) is 5.32 Å². The number of hydrogen-bond donors (Lipinski definition) is 1. The van der Waals surface area contributed by atoms with E-state index in [9.17, 15) is 8.42 Å². The van der Waals surface area contributed by atoms with Crippen LogP contribution in [0.1, 0.15) is 18.4 Å². The Morgan fingerprint density at radius 1 is 1.44 bits per heavy atom. The van der Waals surface area contributed by atoms with Gasteiger partial charge in [0.2, 0.25) is 0 Å². The predicted octanol–water partition coefficient (Wildman–Crippen LogP) is 2.77. The van der Waals surface area contributed by atoms with Gasteiger partial charge in [-0.2, -0.15) is 0 Å². The summed E-state index contributed by atoms with van der Waals surface area (Å²) in [6.07, 6.45) is 1.66. The van der Waals surface area contributed by atoms with Gasteiger partial charge in [0.25, 0.3) is 0 Å². The molecule has 100 valence electrons. The van der Waals surface area contributed by atoms with Crippen molar-refractivity contribution in [3.63, 3.8) is 0 Å². The average Bonchev–Trinajstić information content (AvgIpc) is 2.29. The summed E-state index contributed by atoms with van der Waals surface area (Å²) >= 11 is 9.40. The van der Waals surface area contributed by atoms with Gasteiger partial charge in [-0.05, 0) is 36.6 Å². The maximum absolute atomic E-state index is 11.5. The van der Waals surface area contributed by atoms with Crippen LogP contribution in [0.4, 0.5) is 0 Å².